The van der Waals surface area contributed by atoms with Gasteiger partial charge in [0.15, 0.2) is 0 Å². The van der Waals surface area contributed by atoms with Crippen LogP contribution in [0.3, 0.4) is 0 Å². The summed E-state index contributed by atoms with van der Waals surface area (Å²) >= 11 is 0. The molecule has 3 N–H and O–H groups in total. The predicted octanol–water partition coefficient (Wildman–Crippen LogP) is 4.45. The number of nitrogens with one attached hydrogen (secondary N) is 3. The summed E-state index contributed by atoms with van der Waals surface area (Å²) < 4.78 is 5.59. The molecule has 0 radical (unpaired) electrons. The lowest BCUT2D eigenvalue weighted by Gasteiger charge is -2.11. The first kappa shape index (κ1) is 21.9. The van der Waals surface area contributed by atoms with Gasteiger partial charge in [0.25, 0.3) is 5.91 Å². The van der Waals surface area contributed by atoms with Crippen molar-refractivity contribution in [1.82, 2.24) is 5.32 Å². The molecule has 0 aliphatic heterocycles. The molecule has 0 saturated carbocycles. The Bertz CT molecular complexity index is 985. The molecule has 2 amide bonds. The summed E-state index contributed by atoms with van der Waals surface area (Å²) in [4.78, 5) is 24.5. The van der Waals surface area contributed by atoms with Gasteiger partial charge in [0, 0.05) is 23.5 Å². The van der Waals surface area contributed by atoms with Crippen molar-refractivity contribution in [3.8, 4) is 5.75 Å². The molecule has 0 aromatic heterocycles. The molecule has 0 saturated heterocycles. The minimum atomic E-state index is -0.165. The number of hydrogen-bond acceptors (Lipinski definition) is 4. The number of ether oxygens (including phenoxy) is 1. The van der Waals surface area contributed by atoms with E-state index in [-0.39, 0.29) is 24.5 Å². The Hall–Kier alpha value is -3.80. The maximum Gasteiger partial charge on any atom is 0.251 e. The Morgan fingerprint density at radius 2 is 1.48 bits per heavy atom. The highest BCUT2D eigenvalue weighted by atomic mass is 16.5. The van der Waals surface area contributed by atoms with E-state index in [9.17, 15) is 9.59 Å². The largest absolute Gasteiger partial charge is 0.491 e. The highest BCUT2D eigenvalue weighted by Crippen LogP contribution is 2.17. The van der Waals surface area contributed by atoms with Crippen molar-refractivity contribution in [2.24, 2.45) is 0 Å². The van der Waals surface area contributed by atoms with Crippen molar-refractivity contribution in [3.05, 3.63) is 90.0 Å². The molecular weight excluding hydrogens is 390 g/mol. The summed E-state index contributed by atoms with van der Waals surface area (Å²) in [6, 6.07) is 24.0. The Morgan fingerprint density at radius 1 is 0.839 bits per heavy atom. The van der Waals surface area contributed by atoms with Crippen LogP contribution in [0.5, 0.6) is 5.75 Å². The van der Waals surface area contributed by atoms with Gasteiger partial charge < -0.3 is 20.7 Å². The average molecular weight is 418 g/mol. The zero-order valence-corrected chi connectivity index (χ0v) is 17.7. The number of carbonyl (C=O) groups is 2. The first-order chi connectivity index (χ1) is 15.0. The van der Waals surface area contributed by atoms with Crippen LogP contribution in [0.2, 0.25) is 0 Å². The van der Waals surface area contributed by atoms with E-state index in [1.807, 2.05) is 56.3 Å². The first-order valence-electron chi connectivity index (χ1n) is 10.2. The van der Waals surface area contributed by atoms with E-state index in [0.717, 1.165) is 17.0 Å². The molecule has 0 aliphatic carbocycles. The molecule has 0 aliphatic rings. The van der Waals surface area contributed by atoms with Crippen LogP contribution in [0.1, 0.15) is 29.8 Å². The van der Waals surface area contributed by atoms with Crippen LogP contribution in [-0.2, 0) is 11.3 Å². The fourth-order valence-corrected chi connectivity index (χ4v) is 2.90. The molecule has 0 spiro atoms. The molecule has 0 unspecified atom stereocenters. The smallest absolute Gasteiger partial charge is 0.251 e. The molecule has 0 bridgehead atoms. The monoisotopic (exact) mass is 417 g/mol. The van der Waals surface area contributed by atoms with Crippen molar-refractivity contribution < 1.29 is 14.3 Å². The number of hydrogen-bond donors (Lipinski definition) is 3. The highest BCUT2D eigenvalue weighted by Gasteiger charge is 2.07. The van der Waals surface area contributed by atoms with Crippen molar-refractivity contribution in [3.63, 3.8) is 0 Å². The second-order valence-corrected chi connectivity index (χ2v) is 7.34. The molecule has 160 valence electrons. The van der Waals surface area contributed by atoms with Gasteiger partial charge in [-0.1, -0.05) is 30.3 Å². The summed E-state index contributed by atoms with van der Waals surface area (Å²) in [6.07, 6.45) is 0.103. The van der Waals surface area contributed by atoms with E-state index >= 15 is 0 Å². The molecular formula is C25H27N3O3. The molecule has 3 aromatic rings. The number of rotatable bonds is 9. The van der Waals surface area contributed by atoms with Gasteiger partial charge in [-0.05, 0) is 67.9 Å². The molecule has 31 heavy (non-hydrogen) atoms. The third kappa shape index (κ3) is 7.19. The maximum absolute atomic E-state index is 12.3. The predicted molar refractivity (Wildman–Crippen MR) is 123 cm³/mol. The topological polar surface area (TPSA) is 79.5 Å². The second-order valence-electron chi connectivity index (χ2n) is 7.34. The van der Waals surface area contributed by atoms with Crippen LogP contribution in [0.25, 0.3) is 0 Å². The maximum atomic E-state index is 12.3. The Balaban J connectivity index is 1.44. The molecule has 6 nitrogen and oxygen atoms in total. The summed E-state index contributed by atoms with van der Waals surface area (Å²) in [5.41, 5.74) is 3.07. The van der Waals surface area contributed by atoms with Gasteiger partial charge in [0.2, 0.25) is 5.91 Å². The number of carbonyl (C=O) groups excluding carboxylic acids is 2. The van der Waals surface area contributed by atoms with Crippen molar-refractivity contribution in [2.75, 3.05) is 17.2 Å². The quantitative estimate of drug-likeness (QED) is 0.480. The van der Waals surface area contributed by atoms with Gasteiger partial charge >= 0.3 is 0 Å². The van der Waals surface area contributed by atoms with Gasteiger partial charge in [-0.3, -0.25) is 9.59 Å². The third-order valence-electron chi connectivity index (χ3n) is 4.41. The van der Waals surface area contributed by atoms with Crippen LogP contribution in [-0.4, -0.2) is 24.5 Å². The Labute approximate surface area is 182 Å². The van der Waals surface area contributed by atoms with Crippen LogP contribution in [0, 0.1) is 0 Å². The fraction of sp³-hybridized carbons (Fsp3) is 0.200. The van der Waals surface area contributed by atoms with Crippen molar-refractivity contribution in [1.29, 1.82) is 0 Å². The fourth-order valence-electron chi connectivity index (χ4n) is 2.90. The first-order valence-corrected chi connectivity index (χ1v) is 10.2. The molecule has 3 aromatic carbocycles. The standard InChI is InChI=1S/C25H27N3O3/c1-18(2)31-23-14-12-22(13-15-23)28-24(29)17-26-21-10-8-20(9-11-21)25(30)27-16-19-6-4-3-5-7-19/h3-15,18,26H,16-17H2,1-2H3,(H,27,30)(H,28,29). The summed E-state index contributed by atoms with van der Waals surface area (Å²) in [7, 11) is 0. The molecule has 0 heterocycles. The van der Waals surface area contributed by atoms with E-state index in [1.165, 1.54) is 0 Å². The van der Waals surface area contributed by atoms with Crippen LogP contribution >= 0.6 is 0 Å². The minimum Gasteiger partial charge on any atom is -0.491 e. The Kier molecular flexibility index (Phi) is 7.65. The third-order valence-corrected chi connectivity index (χ3v) is 4.41. The lowest BCUT2D eigenvalue weighted by molar-refractivity contribution is -0.114. The van der Waals surface area contributed by atoms with Crippen LogP contribution in [0.4, 0.5) is 11.4 Å². The Morgan fingerprint density at radius 3 is 2.13 bits per heavy atom. The number of benzene rings is 3. The van der Waals surface area contributed by atoms with Gasteiger partial charge in [-0.15, -0.1) is 0 Å². The van der Waals surface area contributed by atoms with Crippen molar-refractivity contribution in [2.45, 2.75) is 26.5 Å². The van der Waals surface area contributed by atoms with Gasteiger partial charge in [-0.2, -0.15) is 0 Å². The minimum absolute atomic E-state index is 0.103. The lowest BCUT2D eigenvalue weighted by atomic mass is 10.1. The number of amides is 2. The van der Waals surface area contributed by atoms with Gasteiger partial charge in [0.05, 0.1) is 12.6 Å². The second kappa shape index (κ2) is 10.8. The SMILES string of the molecule is CC(C)Oc1ccc(NC(=O)CNc2ccc(C(=O)NCc3ccccc3)cc2)cc1. The van der Waals surface area contributed by atoms with E-state index in [2.05, 4.69) is 16.0 Å². The molecule has 0 fully saturated rings. The van der Waals surface area contributed by atoms with Crippen LogP contribution in [0.15, 0.2) is 78.9 Å². The van der Waals surface area contributed by atoms with E-state index in [0.29, 0.717) is 17.8 Å². The van der Waals surface area contributed by atoms with E-state index < -0.39 is 0 Å². The van der Waals surface area contributed by atoms with Crippen molar-refractivity contribution >= 4 is 23.2 Å². The van der Waals surface area contributed by atoms with E-state index in [1.54, 1.807) is 36.4 Å². The zero-order chi connectivity index (χ0) is 22.1. The molecule has 3 rings (SSSR count). The summed E-state index contributed by atoms with van der Waals surface area (Å²) in [5.74, 6) is 0.458. The summed E-state index contributed by atoms with van der Waals surface area (Å²) in [6.45, 7) is 4.52. The normalized spacial score (nSPS) is 10.4. The zero-order valence-electron chi connectivity index (χ0n) is 17.7. The molecule has 0 atom stereocenters. The highest BCUT2D eigenvalue weighted by molar-refractivity contribution is 5.95. The average Bonchev–Trinajstić information content (AvgIpc) is 2.78. The number of anilines is 2. The summed E-state index contributed by atoms with van der Waals surface area (Å²) in [5, 5.41) is 8.79. The molecule has 6 heteroatoms. The lowest BCUT2D eigenvalue weighted by Crippen LogP contribution is -2.23. The van der Waals surface area contributed by atoms with E-state index in [4.69, 9.17) is 4.74 Å². The van der Waals surface area contributed by atoms with Crippen LogP contribution < -0.4 is 20.7 Å². The van der Waals surface area contributed by atoms with Gasteiger partial charge in [0.1, 0.15) is 5.75 Å². The van der Waals surface area contributed by atoms with Gasteiger partial charge in [-0.25, -0.2) is 0 Å².